The van der Waals surface area contributed by atoms with Crippen molar-refractivity contribution in [2.75, 3.05) is 4.90 Å². The van der Waals surface area contributed by atoms with Crippen LogP contribution in [0.4, 0.5) is 17.1 Å². The molecule has 0 spiro atoms. The molecule has 0 amide bonds. The zero-order valence-corrected chi connectivity index (χ0v) is 28.1. The summed E-state index contributed by atoms with van der Waals surface area (Å²) in [6.45, 7) is 0. The minimum atomic E-state index is 1.13. The van der Waals surface area contributed by atoms with Crippen molar-refractivity contribution >= 4 is 90.9 Å². The summed E-state index contributed by atoms with van der Waals surface area (Å²) in [4.78, 5) is 2.42. The van der Waals surface area contributed by atoms with Crippen LogP contribution in [-0.2, 0) is 0 Å². The van der Waals surface area contributed by atoms with Gasteiger partial charge >= 0.3 is 0 Å². The molecule has 2 heterocycles. The average Bonchev–Trinajstić information content (AvgIpc) is 3.73. The molecule has 10 aromatic rings. The largest absolute Gasteiger partial charge is 0.310 e. The van der Waals surface area contributed by atoms with E-state index in [-0.39, 0.29) is 0 Å². The Kier molecular flexibility index (Phi) is 6.61. The molecule has 8 aromatic carbocycles. The topological polar surface area (TPSA) is 3.24 Å². The van der Waals surface area contributed by atoms with E-state index in [2.05, 4.69) is 181 Å². The van der Waals surface area contributed by atoms with E-state index in [1.54, 1.807) is 0 Å². The van der Waals surface area contributed by atoms with E-state index in [9.17, 15) is 0 Å². The van der Waals surface area contributed by atoms with E-state index in [4.69, 9.17) is 0 Å². The fourth-order valence-electron chi connectivity index (χ4n) is 7.28. The maximum absolute atomic E-state index is 2.42. The lowest BCUT2D eigenvalue weighted by molar-refractivity contribution is 1.29. The van der Waals surface area contributed by atoms with Gasteiger partial charge in [0.2, 0.25) is 0 Å². The molecule has 2 aromatic heterocycles. The first-order valence-corrected chi connectivity index (χ1v) is 18.2. The molecule has 0 bridgehead atoms. The van der Waals surface area contributed by atoms with Crippen LogP contribution in [0.2, 0.25) is 0 Å². The molecule has 0 atom stereocenters. The number of fused-ring (bicyclic) bond motifs is 7. The quantitative estimate of drug-likeness (QED) is 0.178. The van der Waals surface area contributed by atoms with E-state index in [1.807, 2.05) is 22.7 Å². The highest BCUT2D eigenvalue weighted by atomic mass is 32.1. The molecule has 0 saturated heterocycles. The third kappa shape index (κ3) is 4.82. The molecule has 0 unspecified atom stereocenters. The standard InChI is InChI=1S/C46H29NS2/c1-2-11-31-26-33(23-22-30(31)10-1)32-12-7-14-35(27-32)47(37-24-25-45-42(29-37)40-17-4-5-20-43(40)48-45)36-15-8-13-34(28-36)38-18-9-19-41-39-16-3-6-21-44(39)49-46(38)41/h1-29H. The fraction of sp³-hybridized carbons (Fsp3) is 0. The molecule has 3 heteroatoms. The minimum Gasteiger partial charge on any atom is -0.310 e. The second-order valence-electron chi connectivity index (χ2n) is 12.6. The lowest BCUT2D eigenvalue weighted by Gasteiger charge is -2.27. The van der Waals surface area contributed by atoms with Crippen LogP contribution in [0, 0.1) is 0 Å². The molecule has 0 radical (unpaired) electrons. The average molecular weight is 660 g/mol. The molecule has 49 heavy (non-hydrogen) atoms. The molecule has 0 aliphatic rings. The van der Waals surface area contributed by atoms with Crippen LogP contribution in [0.3, 0.4) is 0 Å². The summed E-state index contributed by atoms with van der Waals surface area (Å²) in [5, 5.41) is 7.74. The van der Waals surface area contributed by atoms with Gasteiger partial charge in [0, 0.05) is 57.4 Å². The first-order chi connectivity index (χ1) is 24.3. The molecule has 10 rings (SSSR count). The Hall–Kier alpha value is -5.74. The van der Waals surface area contributed by atoms with Crippen molar-refractivity contribution in [3.05, 3.63) is 176 Å². The van der Waals surface area contributed by atoms with Crippen LogP contribution in [0.5, 0.6) is 0 Å². The predicted octanol–water partition coefficient (Wildman–Crippen LogP) is 14.4. The van der Waals surface area contributed by atoms with Crippen molar-refractivity contribution in [2.45, 2.75) is 0 Å². The summed E-state index contributed by atoms with van der Waals surface area (Å²) in [7, 11) is 0. The minimum absolute atomic E-state index is 1.13. The second kappa shape index (κ2) is 11.5. The Bertz CT molecular complexity index is 2860. The van der Waals surface area contributed by atoms with Gasteiger partial charge < -0.3 is 4.90 Å². The first-order valence-electron chi connectivity index (χ1n) is 16.6. The van der Waals surface area contributed by atoms with Crippen LogP contribution < -0.4 is 4.90 Å². The molecule has 0 N–H and O–H groups in total. The molecule has 0 fully saturated rings. The van der Waals surface area contributed by atoms with Gasteiger partial charge in [-0.3, -0.25) is 0 Å². The smallest absolute Gasteiger partial charge is 0.0468 e. The third-order valence-corrected chi connectivity index (χ3v) is 12.0. The fourth-order valence-corrected chi connectivity index (χ4v) is 9.61. The Morgan fingerprint density at radius 2 is 0.918 bits per heavy atom. The number of hydrogen-bond donors (Lipinski definition) is 0. The second-order valence-corrected chi connectivity index (χ2v) is 14.7. The maximum Gasteiger partial charge on any atom is 0.0468 e. The lowest BCUT2D eigenvalue weighted by Crippen LogP contribution is -2.10. The number of benzene rings is 8. The summed E-state index contributed by atoms with van der Waals surface area (Å²) in [5.41, 5.74) is 8.29. The van der Waals surface area contributed by atoms with E-state index in [0.29, 0.717) is 0 Å². The van der Waals surface area contributed by atoms with Gasteiger partial charge in [0.1, 0.15) is 0 Å². The van der Waals surface area contributed by atoms with Gasteiger partial charge in [-0.2, -0.15) is 0 Å². The Balaban J connectivity index is 1.16. The number of thiophene rings is 2. The summed E-state index contributed by atoms with van der Waals surface area (Å²) >= 11 is 3.74. The van der Waals surface area contributed by atoms with Crippen molar-refractivity contribution in [3.63, 3.8) is 0 Å². The van der Waals surface area contributed by atoms with E-state index < -0.39 is 0 Å². The van der Waals surface area contributed by atoms with Gasteiger partial charge in [-0.25, -0.2) is 0 Å². The molecule has 1 nitrogen and oxygen atoms in total. The van der Waals surface area contributed by atoms with E-state index in [1.165, 1.54) is 73.4 Å². The number of hydrogen-bond acceptors (Lipinski definition) is 3. The number of nitrogens with zero attached hydrogens (tertiary/aromatic N) is 1. The van der Waals surface area contributed by atoms with Gasteiger partial charge in [-0.05, 0) is 93.7 Å². The summed E-state index contributed by atoms with van der Waals surface area (Å²) < 4.78 is 5.28. The highest BCUT2D eigenvalue weighted by Gasteiger charge is 2.18. The van der Waals surface area contributed by atoms with E-state index >= 15 is 0 Å². The van der Waals surface area contributed by atoms with Crippen molar-refractivity contribution in [1.29, 1.82) is 0 Å². The molecule has 0 saturated carbocycles. The molecular weight excluding hydrogens is 631 g/mol. The number of rotatable bonds is 5. The summed E-state index contributed by atoms with van der Waals surface area (Å²) in [6, 6.07) is 64.5. The van der Waals surface area contributed by atoms with Gasteiger partial charge in [-0.15, -0.1) is 22.7 Å². The Labute approximate surface area is 292 Å². The van der Waals surface area contributed by atoms with Gasteiger partial charge in [0.25, 0.3) is 0 Å². The zero-order valence-electron chi connectivity index (χ0n) is 26.5. The van der Waals surface area contributed by atoms with Crippen LogP contribution in [-0.4, -0.2) is 0 Å². The van der Waals surface area contributed by atoms with Crippen LogP contribution >= 0.6 is 22.7 Å². The highest BCUT2D eigenvalue weighted by Crippen LogP contribution is 2.44. The molecular formula is C46H29NS2. The normalized spacial score (nSPS) is 11.7. The van der Waals surface area contributed by atoms with Crippen LogP contribution in [0.15, 0.2) is 176 Å². The van der Waals surface area contributed by atoms with Gasteiger partial charge in [0.05, 0.1) is 0 Å². The Morgan fingerprint density at radius 1 is 0.327 bits per heavy atom. The first kappa shape index (κ1) is 28.3. The lowest BCUT2D eigenvalue weighted by atomic mass is 9.99. The van der Waals surface area contributed by atoms with Crippen molar-refractivity contribution < 1.29 is 0 Å². The molecule has 0 aliphatic heterocycles. The summed E-state index contributed by atoms with van der Waals surface area (Å²) in [5.74, 6) is 0. The van der Waals surface area contributed by atoms with Crippen molar-refractivity contribution in [3.8, 4) is 22.3 Å². The highest BCUT2D eigenvalue weighted by molar-refractivity contribution is 7.26. The van der Waals surface area contributed by atoms with E-state index in [0.717, 1.165) is 17.1 Å². The summed E-state index contributed by atoms with van der Waals surface area (Å²) in [6.07, 6.45) is 0. The van der Waals surface area contributed by atoms with Crippen LogP contribution in [0.25, 0.3) is 73.4 Å². The molecule has 230 valence electrons. The SMILES string of the molecule is c1cc(-c2ccc3ccccc3c2)cc(N(c2cccc(-c3cccc4c3sc3ccccc34)c2)c2ccc3sc4ccccc4c3c2)c1. The van der Waals surface area contributed by atoms with Gasteiger partial charge in [0.15, 0.2) is 0 Å². The van der Waals surface area contributed by atoms with Crippen molar-refractivity contribution in [1.82, 2.24) is 0 Å². The Morgan fingerprint density at radius 3 is 1.76 bits per heavy atom. The van der Waals surface area contributed by atoms with Gasteiger partial charge in [-0.1, -0.05) is 115 Å². The predicted molar refractivity (Wildman–Crippen MR) is 215 cm³/mol. The number of anilines is 3. The molecule has 0 aliphatic carbocycles. The monoisotopic (exact) mass is 659 g/mol. The van der Waals surface area contributed by atoms with Crippen molar-refractivity contribution in [2.24, 2.45) is 0 Å². The maximum atomic E-state index is 2.42. The van der Waals surface area contributed by atoms with Crippen LogP contribution in [0.1, 0.15) is 0 Å². The third-order valence-electron chi connectivity index (χ3n) is 9.63. The zero-order chi connectivity index (χ0) is 32.3.